The zero-order valence-corrected chi connectivity index (χ0v) is 7.98. The number of carboxylic acid groups (broad SMARTS) is 1. The summed E-state index contributed by atoms with van der Waals surface area (Å²) in [5.74, 6) is -0.933. The lowest BCUT2D eigenvalue weighted by atomic mass is 9.90. The van der Waals surface area contributed by atoms with Crippen LogP contribution < -0.4 is 0 Å². The Labute approximate surface area is 72.6 Å². The number of carboxylic acids is 1. The number of halogens is 1. The Morgan fingerprint density at radius 3 is 2.18 bits per heavy atom. The normalized spacial score (nSPS) is 16.5. The van der Waals surface area contributed by atoms with Gasteiger partial charge in [0.05, 0.1) is 0 Å². The first-order valence-electron chi connectivity index (χ1n) is 3.87. The van der Waals surface area contributed by atoms with Gasteiger partial charge >= 0.3 is 5.97 Å². The summed E-state index contributed by atoms with van der Waals surface area (Å²) < 4.78 is 0. The second kappa shape index (κ2) is 3.96. The maximum Gasteiger partial charge on any atom is 0.325 e. The van der Waals surface area contributed by atoms with Gasteiger partial charge in [-0.2, -0.15) is 0 Å². The fourth-order valence-corrected chi connectivity index (χ4v) is 1.20. The van der Waals surface area contributed by atoms with Gasteiger partial charge in [0.15, 0.2) is 0 Å². The quantitative estimate of drug-likeness (QED) is 0.672. The van der Waals surface area contributed by atoms with Crippen molar-refractivity contribution < 1.29 is 9.90 Å². The van der Waals surface area contributed by atoms with Crippen LogP contribution in [0.25, 0.3) is 0 Å². The SMILES string of the molecule is CCCC(Cl)(C(=O)O)C(C)C. The van der Waals surface area contributed by atoms with Gasteiger partial charge in [-0.1, -0.05) is 27.2 Å². The molecule has 2 nitrogen and oxygen atoms in total. The van der Waals surface area contributed by atoms with Crippen molar-refractivity contribution in [1.29, 1.82) is 0 Å². The molecule has 0 heterocycles. The number of aliphatic carboxylic acids is 1. The summed E-state index contributed by atoms with van der Waals surface area (Å²) in [7, 11) is 0. The largest absolute Gasteiger partial charge is 0.480 e. The van der Waals surface area contributed by atoms with E-state index in [1.807, 2.05) is 20.8 Å². The zero-order chi connectivity index (χ0) is 9.07. The third-order valence-electron chi connectivity index (χ3n) is 1.88. The molecule has 0 saturated carbocycles. The molecule has 1 atom stereocenters. The van der Waals surface area contributed by atoms with Gasteiger partial charge in [-0.3, -0.25) is 4.79 Å². The van der Waals surface area contributed by atoms with Gasteiger partial charge in [0.2, 0.25) is 0 Å². The molecule has 3 heteroatoms. The smallest absolute Gasteiger partial charge is 0.325 e. The van der Waals surface area contributed by atoms with Crippen molar-refractivity contribution in [3.63, 3.8) is 0 Å². The zero-order valence-electron chi connectivity index (χ0n) is 7.22. The highest BCUT2D eigenvalue weighted by Crippen LogP contribution is 2.30. The molecular weight excluding hydrogens is 164 g/mol. The molecule has 0 radical (unpaired) electrons. The molecule has 1 unspecified atom stereocenters. The van der Waals surface area contributed by atoms with Gasteiger partial charge < -0.3 is 5.11 Å². The lowest BCUT2D eigenvalue weighted by Crippen LogP contribution is -2.37. The molecule has 0 aromatic carbocycles. The molecule has 0 saturated heterocycles. The lowest BCUT2D eigenvalue weighted by molar-refractivity contribution is -0.141. The topological polar surface area (TPSA) is 37.3 Å². The maximum absolute atomic E-state index is 10.7. The highest BCUT2D eigenvalue weighted by atomic mass is 35.5. The van der Waals surface area contributed by atoms with E-state index in [1.54, 1.807) is 0 Å². The second-order valence-electron chi connectivity index (χ2n) is 3.07. The number of rotatable bonds is 4. The third-order valence-corrected chi connectivity index (χ3v) is 2.67. The monoisotopic (exact) mass is 178 g/mol. The highest BCUT2D eigenvalue weighted by molar-refractivity contribution is 6.33. The second-order valence-corrected chi connectivity index (χ2v) is 3.75. The first-order valence-corrected chi connectivity index (χ1v) is 4.25. The van der Waals surface area contributed by atoms with Crippen molar-refractivity contribution in [3.8, 4) is 0 Å². The molecule has 11 heavy (non-hydrogen) atoms. The number of alkyl halides is 1. The molecule has 0 spiro atoms. The number of hydrogen-bond acceptors (Lipinski definition) is 1. The summed E-state index contributed by atoms with van der Waals surface area (Å²) in [6.07, 6.45) is 1.33. The lowest BCUT2D eigenvalue weighted by Gasteiger charge is -2.25. The van der Waals surface area contributed by atoms with E-state index in [0.29, 0.717) is 6.42 Å². The maximum atomic E-state index is 10.7. The highest BCUT2D eigenvalue weighted by Gasteiger charge is 2.38. The van der Waals surface area contributed by atoms with Gasteiger partial charge in [0, 0.05) is 0 Å². The van der Waals surface area contributed by atoms with Crippen molar-refractivity contribution in [3.05, 3.63) is 0 Å². The molecule has 0 fully saturated rings. The van der Waals surface area contributed by atoms with E-state index < -0.39 is 10.8 Å². The predicted molar refractivity (Wildman–Crippen MR) is 46.0 cm³/mol. The van der Waals surface area contributed by atoms with E-state index in [-0.39, 0.29) is 5.92 Å². The standard InChI is InChI=1S/C8H15ClO2/c1-4-5-8(9,6(2)3)7(10)11/h6H,4-5H2,1-3H3,(H,10,11). The van der Waals surface area contributed by atoms with Crippen LogP contribution in [-0.4, -0.2) is 16.0 Å². The summed E-state index contributed by atoms with van der Waals surface area (Å²) in [6, 6.07) is 0. The Morgan fingerprint density at radius 2 is 2.09 bits per heavy atom. The van der Waals surface area contributed by atoms with Crippen molar-refractivity contribution in [2.45, 2.75) is 38.5 Å². The molecule has 0 aromatic rings. The van der Waals surface area contributed by atoms with Crippen LogP contribution in [0.3, 0.4) is 0 Å². The molecule has 0 aliphatic rings. The summed E-state index contributed by atoms with van der Waals surface area (Å²) in [4.78, 5) is 9.66. The molecular formula is C8H15ClO2. The van der Waals surface area contributed by atoms with Gasteiger partial charge in [-0.15, -0.1) is 11.6 Å². The minimum Gasteiger partial charge on any atom is -0.480 e. The average molecular weight is 179 g/mol. The first kappa shape index (κ1) is 10.8. The van der Waals surface area contributed by atoms with Crippen molar-refractivity contribution >= 4 is 17.6 Å². The van der Waals surface area contributed by atoms with Crippen LogP contribution in [0, 0.1) is 5.92 Å². The van der Waals surface area contributed by atoms with Gasteiger partial charge in [-0.05, 0) is 12.3 Å². The predicted octanol–water partition coefficient (Wildman–Crippen LogP) is 2.50. The van der Waals surface area contributed by atoms with Gasteiger partial charge in [0.1, 0.15) is 4.87 Å². The summed E-state index contributed by atoms with van der Waals surface area (Å²) in [5, 5.41) is 8.80. The van der Waals surface area contributed by atoms with Crippen LogP contribution in [-0.2, 0) is 4.79 Å². The van der Waals surface area contributed by atoms with Crippen molar-refractivity contribution in [1.82, 2.24) is 0 Å². The third kappa shape index (κ3) is 2.37. The Bertz CT molecular complexity index is 145. The molecule has 0 amide bonds. The van der Waals surface area contributed by atoms with E-state index in [1.165, 1.54) is 0 Å². The minimum atomic E-state index is -1.06. The molecule has 0 aliphatic heterocycles. The molecule has 0 bridgehead atoms. The summed E-state index contributed by atoms with van der Waals surface area (Å²) >= 11 is 5.91. The minimum absolute atomic E-state index is 0.0263. The Kier molecular flexibility index (Phi) is 3.87. The van der Waals surface area contributed by atoms with E-state index in [2.05, 4.69) is 0 Å². The molecule has 0 rings (SSSR count). The van der Waals surface area contributed by atoms with E-state index >= 15 is 0 Å². The van der Waals surface area contributed by atoms with E-state index in [4.69, 9.17) is 16.7 Å². The fraction of sp³-hybridized carbons (Fsp3) is 0.875. The average Bonchev–Trinajstić information content (AvgIpc) is 1.87. The molecule has 0 aromatic heterocycles. The van der Waals surface area contributed by atoms with Crippen LogP contribution in [0.5, 0.6) is 0 Å². The number of hydrogen-bond donors (Lipinski definition) is 1. The van der Waals surface area contributed by atoms with Crippen molar-refractivity contribution in [2.24, 2.45) is 5.92 Å². The molecule has 66 valence electrons. The van der Waals surface area contributed by atoms with Gasteiger partial charge in [-0.25, -0.2) is 0 Å². The van der Waals surface area contributed by atoms with E-state index in [0.717, 1.165) is 6.42 Å². The van der Waals surface area contributed by atoms with E-state index in [9.17, 15) is 4.79 Å². The first-order chi connectivity index (χ1) is 4.95. The Morgan fingerprint density at radius 1 is 1.64 bits per heavy atom. The van der Waals surface area contributed by atoms with Crippen LogP contribution >= 0.6 is 11.6 Å². The Hall–Kier alpha value is -0.240. The van der Waals surface area contributed by atoms with Gasteiger partial charge in [0.25, 0.3) is 0 Å². The fourth-order valence-electron chi connectivity index (χ4n) is 1.01. The van der Waals surface area contributed by atoms with Crippen LogP contribution in [0.1, 0.15) is 33.6 Å². The molecule has 0 aliphatic carbocycles. The van der Waals surface area contributed by atoms with Crippen LogP contribution in [0.15, 0.2) is 0 Å². The summed E-state index contributed by atoms with van der Waals surface area (Å²) in [6.45, 7) is 5.59. The summed E-state index contributed by atoms with van der Waals surface area (Å²) in [5.41, 5.74) is 0. The molecule has 1 N–H and O–H groups in total. The Balaban J connectivity index is 4.38. The number of carbonyl (C=O) groups is 1. The van der Waals surface area contributed by atoms with Crippen molar-refractivity contribution in [2.75, 3.05) is 0 Å². The van der Waals surface area contributed by atoms with Crippen LogP contribution in [0.4, 0.5) is 0 Å². The van der Waals surface area contributed by atoms with Crippen LogP contribution in [0.2, 0.25) is 0 Å².